The number of amides is 1. The van der Waals surface area contributed by atoms with Crippen LogP contribution in [0.4, 0.5) is 0 Å². The summed E-state index contributed by atoms with van der Waals surface area (Å²) < 4.78 is 11.6. The molecule has 0 saturated carbocycles. The van der Waals surface area contributed by atoms with Crippen molar-refractivity contribution in [3.05, 3.63) is 95.6 Å². The highest BCUT2D eigenvalue weighted by Gasteiger charge is 2.03. The first-order valence-electron chi connectivity index (χ1n) is 8.94. The predicted octanol–water partition coefficient (Wildman–Crippen LogP) is 4.10. The third kappa shape index (κ3) is 5.71. The first-order valence-corrected chi connectivity index (χ1v) is 8.94. The van der Waals surface area contributed by atoms with Gasteiger partial charge < -0.3 is 15.2 Å². The van der Waals surface area contributed by atoms with E-state index in [1.807, 2.05) is 48.5 Å². The number of para-hydroxylation sites is 1. The molecule has 0 radical (unpaired) electrons. The van der Waals surface area contributed by atoms with Crippen LogP contribution in [0.15, 0.2) is 83.9 Å². The lowest BCUT2D eigenvalue weighted by molar-refractivity contribution is -0.115. The van der Waals surface area contributed by atoms with E-state index in [2.05, 4.69) is 11.1 Å². The Balaban J connectivity index is 1.56. The van der Waals surface area contributed by atoms with E-state index >= 15 is 0 Å². The molecule has 142 valence electrons. The van der Waals surface area contributed by atoms with Crippen molar-refractivity contribution in [3.8, 4) is 11.5 Å². The fourth-order valence-corrected chi connectivity index (χ4v) is 2.62. The second kappa shape index (κ2) is 9.37. The van der Waals surface area contributed by atoms with Crippen molar-refractivity contribution in [1.29, 1.82) is 0 Å². The molecule has 0 bridgehead atoms. The van der Waals surface area contributed by atoms with Crippen LogP contribution in [0.5, 0.6) is 11.5 Å². The molecule has 0 heterocycles. The first-order chi connectivity index (χ1) is 13.6. The van der Waals surface area contributed by atoms with Crippen LogP contribution in [0.3, 0.4) is 0 Å². The number of amidine groups is 1. The van der Waals surface area contributed by atoms with Crippen LogP contribution in [-0.4, -0.2) is 11.7 Å². The molecule has 1 amide bonds. The largest absolute Gasteiger partial charge is 0.489 e. The number of benzene rings is 3. The van der Waals surface area contributed by atoms with Crippen molar-refractivity contribution in [3.63, 3.8) is 0 Å². The summed E-state index contributed by atoms with van der Waals surface area (Å²) in [6.45, 7) is 2.31. The van der Waals surface area contributed by atoms with Crippen LogP contribution in [0, 0.1) is 0 Å². The maximum Gasteiger partial charge on any atom is 0.244 e. The minimum Gasteiger partial charge on any atom is -0.489 e. The maximum absolute atomic E-state index is 11.0. The van der Waals surface area contributed by atoms with Crippen molar-refractivity contribution < 1.29 is 14.3 Å². The molecule has 0 aliphatic carbocycles. The minimum absolute atomic E-state index is 0.199. The third-order valence-electron chi connectivity index (χ3n) is 3.97. The summed E-state index contributed by atoms with van der Waals surface area (Å²) >= 11 is 0. The highest BCUT2D eigenvalue weighted by molar-refractivity contribution is 6.03. The number of carbonyl (C=O) groups excluding carboxylic acids is 1. The van der Waals surface area contributed by atoms with Gasteiger partial charge in [0.15, 0.2) is 0 Å². The molecule has 28 heavy (non-hydrogen) atoms. The molecule has 3 aromatic carbocycles. The fourth-order valence-electron chi connectivity index (χ4n) is 2.62. The van der Waals surface area contributed by atoms with Gasteiger partial charge >= 0.3 is 0 Å². The molecule has 0 spiro atoms. The zero-order chi connectivity index (χ0) is 19.8. The standard InChI is InChI=1S/C23H22N2O3/c1-17(26)25-23(24)20-10-12-22(13-11-20)28-16-19-7-5-6-18(14-19)15-27-21-8-3-2-4-9-21/h2-14H,15-16H2,1H3,(H2,24,25,26). The molecular weight excluding hydrogens is 352 g/mol. The quantitative estimate of drug-likeness (QED) is 0.499. The number of aliphatic imine (C=N–C) groups is 1. The molecule has 0 aliphatic heterocycles. The number of carbonyl (C=O) groups is 1. The van der Waals surface area contributed by atoms with E-state index in [-0.39, 0.29) is 11.7 Å². The van der Waals surface area contributed by atoms with Crippen LogP contribution >= 0.6 is 0 Å². The molecular formula is C23H22N2O3. The molecule has 0 atom stereocenters. The van der Waals surface area contributed by atoms with Crippen LogP contribution in [0.1, 0.15) is 23.6 Å². The van der Waals surface area contributed by atoms with E-state index in [1.54, 1.807) is 24.3 Å². The lowest BCUT2D eigenvalue weighted by Crippen LogP contribution is -2.14. The van der Waals surface area contributed by atoms with E-state index < -0.39 is 0 Å². The normalized spacial score (nSPS) is 11.1. The maximum atomic E-state index is 11.0. The molecule has 2 N–H and O–H groups in total. The Labute approximate surface area is 164 Å². The van der Waals surface area contributed by atoms with Gasteiger partial charge in [0.25, 0.3) is 0 Å². The zero-order valence-electron chi connectivity index (χ0n) is 15.7. The molecule has 0 aliphatic rings. The van der Waals surface area contributed by atoms with Gasteiger partial charge in [-0.2, -0.15) is 4.99 Å². The summed E-state index contributed by atoms with van der Waals surface area (Å²) in [7, 11) is 0. The smallest absolute Gasteiger partial charge is 0.244 e. The van der Waals surface area contributed by atoms with Crippen molar-refractivity contribution >= 4 is 11.7 Å². The summed E-state index contributed by atoms with van der Waals surface area (Å²) in [5, 5.41) is 0. The molecule has 0 aromatic heterocycles. The zero-order valence-corrected chi connectivity index (χ0v) is 15.7. The van der Waals surface area contributed by atoms with Gasteiger partial charge in [-0.3, -0.25) is 4.79 Å². The number of nitrogens with zero attached hydrogens (tertiary/aromatic N) is 1. The van der Waals surface area contributed by atoms with Gasteiger partial charge in [0.2, 0.25) is 5.91 Å². The van der Waals surface area contributed by atoms with E-state index in [0.717, 1.165) is 16.9 Å². The predicted molar refractivity (Wildman–Crippen MR) is 109 cm³/mol. The molecule has 0 fully saturated rings. The summed E-state index contributed by atoms with van der Waals surface area (Å²) in [5.41, 5.74) is 8.59. The van der Waals surface area contributed by atoms with Gasteiger partial charge in [0.05, 0.1) is 0 Å². The average molecular weight is 374 g/mol. The van der Waals surface area contributed by atoms with Gasteiger partial charge in [-0.1, -0.05) is 36.4 Å². The van der Waals surface area contributed by atoms with Gasteiger partial charge in [-0.25, -0.2) is 0 Å². The highest BCUT2D eigenvalue weighted by atomic mass is 16.5. The van der Waals surface area contributed by atoms with E-state index in [4.69, 9.17) is 15.2 Å². The molecule has 0 saturated heterocycles. The molecule has 5 nitrogen and oxygen atoms in total. The van der Waals surface area contributed by atoms with Gasteiger partial charge in [-0.05, 0) is 53.6 Å². The lowest BCUT2D eigenvalue weighted by atomic mass is 10.1. The topological polar surface area (TPSA) is 73.9 Å². The van der Waals surface area contributed by atoms with Crippen molar-refractivity contribution in [2.24, 2.45) is 10.7 Å². The second-order valence-electron chi connectivity index (χ2n) is 6.25. The Morgan fingerprint density at radius 2 is 1.39 bits per heavy atom. The Bertz CT molecular complexity index is 951. The number of hydrogen-bond donors (Lipinski definition) is 1. The average Bonchev–Trinajstić information content (AvgIpc) is 2.72. The highest BCUT2D eigenvalue weighted by Crippen LogP contribution is 2.16. The lowest BCUT2D eigenvalue weighted by Gasteiger charge is -2.10. The van der Waals surface area contributed by atoms with Crippen molar-refractivity contribution in [2.75, 3.05) is 0 Å². The fraction of sp³-hybridized carbons (Fsp3) is 0.130. The van der Waals surface area contributed by atoms with Crippen LogP contribution in [0.2, 0.25) is 0 Å². The molecule has 3 rings (SSSR count). The van der Waals surface area contributed by atoms with E-state index in [9.17, 15) is 4.79 Å². The Hall–Kier alpha value is -3.60. The minimum atomic E-state index is -0.325. The summed E-state index contributed by atoms with van der Waals surface area (Å²) in [5.74, 6) is 1.43. The Morgan fingerprint density at radius 3 is 1.96 bits per heavy atom. The summed E-state index contributed by atoms with van der Waals surface area (Å²) in [6, 6.07) is 25.0. The second-order valence-corrected chi connectivity index (χ2v) is 6.25. The van der Waals surface area contributed by atoms with Gasteiger partial charge in [-0.15, -0.1) is 0 Å². The SMILES string of the molecule is CC(=O)N=C(N)c1ccc(OCc2cccc(COc3ccccc3)c2)cc1. The molecule has 0 unspecified atom stereocenters. The molecule has 5 heteroatoms. The van der Waals surface area contributed by atoms with Crippen LogP contribution in [0.25, 0.3) is 0 Å². The Kier molecular flexibility index (Phi) is 6.41. The van der Waals surface area contributed by atoms with Crippen molar-refractivity contribution in [2.45, 2.75) is 20.1 Å². The number of hydrogen-bond acceptors (Lipinski definition) is 3. The van der Waals surface area contributed by atoms with E-state index in [1.165, 1.54) is 6.92 Å². The number of ether oxygens (including phenoxy) is 2. The van der Waals surface area contributed by atoms with Crippen LogP contribution in [-0.2, 0) is 18.0 Å². The summed E-state index contributed by atoms with van der Waals surface area (Å²) in [4.78, 5) is 14.7. The number of nitrogens with two attached hydrogens (primary N) is 1. The summed E-state index contributed by atoms with van der Waals surface area (Å²) in [6.07, 6.45) is 0. The van der Waals surface area contributed by atoms with Crippen molar-refractivity contribution in [1.82, 2.24) is 0 Å². The molecule has 3 aromatic rings. The van der Waals surface area contributed by atoms with Crippen LogP contribution < -0.4 is 15.2 Å². The Morgan fingerprint density at radius 1 is 0.821 bits per heavy atom. The number of rotatable bonds is 7. The monoisotopic (exact) mass is 374 g/mol. The third-order valence-corrected chi connectivity index (χ3v) is 3.97. The van der Waals surface area contributed by atoms with Gasteiger partial charge in [0, 0.05) is 12.5 Å². The van der Waals surface area contributed by atoms with E-state index in [0.29, 0.717) is 24.5 Å². The van der Waals surface area contributed by atoms with Gasteiger partial charge in [0.1, 0.15) is 30.5 Å². The first kappa shape index (κ1) is 19.2.